The number of nitrogens with two attached hydrogens (primary N) is 1. The van der Waals surface area contributed by atoms with E-state index in [1.54, 1.807) is 12.1 Å². The van der Waals surface area contributed by atoms with Crippen molar-refractivity contribution in [1.82, 2.24) is 0 Å². The smallest absolute Gasteiger partial charge is 0.140 e. The minimum Gasteiger partial charge on any atom is -0.486 e. The van der Waals surface area contributed by atoms with Crippen LogP contribution in [0.3, 0.4) is 0 Å². The van der Waals surface area contributed by atoms with E-state index in [0.717, 1.165) is 12.8 Å². The third-order valence-electron chi connectivity index (χ3n) is 3.06. The first-order valence-corrected chi connectivity index (χ1v) is 7.34. The van der Waals surface area contributed by atoms with Crippen LogP contribution in [0.5, 0.6) is 5.75 Å². The predicted molar refractivity (Wildman–Crippen MR) is 78.5 cm³/mol. The zero-order chi connectivity index (χ0) is 14.0. The Bertz CT molecular complexity index is 456. The lowest BCUT2D eigenvalue weighted by atomic mass is 9.86. The molecule has 1 aliphatic rings. The predicted octanol–water partition coefficient (Wildman–Crippen LogP) is 3.92. The van der Waals surface area contributed by atoms with Gasteiger partial charge in [0.1, 0.15) is 18.0 Å². The summed E-state index contributed by atoms with van der Waals surface area (Å²) in [4.78, 5) is 0. The zero-order valence-corrected chi connectivity index (χ0v) is 12.8. The molecule has 106 valence electrons. The van der Waals surface area contributed by atoms with Gasteiger partial charge in [-0.15, -0.1) is 0 Å². The molecule has 6 heteroatoms. The quantitative estimate of drug-likeness (QED) is 0.835. The van der Waals surface area contributed by atoms with Crippen molar-refractivity contribution < 1.29 is 9.47 Å². The number of benzene rings is 1. The van der Waals surface area contributed by atoms with Gasteiger partial charge in [0.2, 0.25) is 0 Å². The summed E-state index contributed by atoms with van der Waals surface area (Å²) in [5.74, 6) is 0.512. The Morgan fingerprint density at radius 1 is 1.21 bits per heavy atom. The highest BCUT2D eigenvalue weighted by Gasteiger charge is 2.41. The molecule has 0 aliphatic heterocycles. The monoisotopic (exact) mass is 323 g/mol. The van der Waals surface area contributed by atoms with Gasteiger partial charge in [0.15, 0.2) is 0 Å². The van der Waals surface area contributed by atoms with Crippen LogP contribution in [0.1, 0.15) is 19.8 Å². The molecule has 19 heavy (non-hydrogen) atoms. The summed E-state index contributed by atoms with van der Waals surface area (Å²) >= 11 is 17.9. The summed E-state index contributed by atoms with van der Waals surface area (Å²) in [5, 5.41) is 1.25. The van der Waals surface area contributed by atoms with E-state index >= 15 is 0 Å². The molecule has 3 nitrogen and oxygen atoms in total. The molecular weight excluding hydrogens is 309 g/mol. The molecule has 2 rings (SSSR count). The topological polar surface area (TPSA) is 44.5 Å². The van der Waals surface area contributed by atoms with Crippen LogP contribution in [0.4, 0.5) is 0 Å². The van der Waals surface area contributed by atoms with E-state index in [1.807, 2.05) is 0 Å². The average molecular weight is 325 g/mol. The summed E-state index contributed by atoms with van der Waals surface area (Å²) in [6.07, 6.45) is 1.51. The van der Waals surface area contributed by atoms with Crippen molar-refractivity contribution in [2.24, 2.45) is 5.73 Å². The first kappa shape index (κ1) is 15.2. The number of rotatable bonds is 5. The second-order valence-electron chi connectivity index (χ2n) is 4.59. The Labute approximate surface area is 127 Å². The third kappa shape index (κ3) is 3.47. The summed E-state index contributed by atoms with van der Waals surface area (Å²) in [6.45, 7) is 2.73. The Morgan fingerprint density at radius 2 is 1.89 bits per heavy atom. The number of halogens is 3. The first-order chi connectivity index (χ1) is 9.02. The molecule has 0 heterocycles. The Balaban J connectivity index is 2.03. The lowest BCUT2D eigenvalue weighted by molar-refractivity contribution is -0.0979. The molecule has 0 radical (unpaired) electrons. The molecule has 1 fully saturated rings. The van der Waals surface area contributed by atoms with E-state index in [4.69, 9.17) is 50.0 Å². The molecule has 1 aliphatic carbocycles. The fourth-order valence-electron chi connectivity index (χ4n) is 1.97. The van der Waals surface area contributed by atoms with Crippen molar-refractivity contribution in [3.8, 4) is 5.75 Å². The maximum absolute atomic E-state index is 6.07. The third-order valence-corrected chi connectivity index (χ3v) is 4.08. The second kappa shape index (κ2) is 6.51. The van der Waals surface area contributed by atoms with Crippen molar-refractivity contribution in [3.63, 3.8) is 0 Å². The minimum atomic E-state index is -0.0922. The van der Waals surface area contributed by atoms with Gasteiger partial charge in [-0.1, -0.05) is 41.7 Å². The SMILES string of the molecule is CCCOC1C(N)CC1Oc1cc(Cl)c(Cl)cc1Cl. The van der Waals surface area contributed by atoms with Crippen LogP contribution in [-0.4, -0.2) is 24.9 Å². The molecule has 0 spiro atoms. The summed E-state index contributed by atoms with van der Waals surface area (Å²) in [7, 11) is 0. The van der Waals surface area contributed by atoms with Gasteiger partial charge in [-0.3, -0.25) is 0 Å². The highest BCUT2D eigenvalue weighted by molar-refractivity contribution is 6.43. The lowest BCUT2D eigenvalue weighted by Crippen LogP contribution is -2.59. The molecule has 0 saturated heterocycles. The zero-order valence-electron chi connectivity index (χ0n) is 10.5. The van der Waals surface area contributed by atoms with Crippen molar-refractivity contribution >= 4 is 34.8 Å². The van der Waals surface area contributed by atoms with Gasteiger partial charge in [-0.25, -0.2) is 0 Å². The van der Waals surface area contributed by atoms with Gasteiger partial charge >= 0.3 is 0 Å². The second-order valence-corrected chi connectivity index (χ2v) is 5.81. The maximum Gasteiger partial charge on any atom is 0.140 e. The molecule has 3 unspecified atom stereocenters. The molecule has 3 atom stereocenters. The standard InChI is InChI=1S/C13H16Cl3NO2/c1-2-3-18-13-10(17)6-12(13)19-11-5-8(15)7(14)4-9(11)16/h4-5,10,12-13H,2-3,6,17H2,1H3. The molecular formula is C13H16Cl3NO2. The minimum absolute atomic E-state index is 0.0121. The fourth-order valence-corrected chi connectivity index (χ4v) is 2.56. The van der Waals surface area contributed by atoms with Gasteiger partial charge in [-0.05, 0) is 12.5 Å². The van der Waals surface area contributed by atoms with Crippen LogP contribution in [0.15, 0.2) is 12.1 Å². The number of ether oxygens (including phenoxy) is 2. The van der Waals surface area contributed by atoms with Gasteiger partial charge in [0.25, 0.3) is 0 Å². The Morgan fingerprint density at radius 3 is 2.53 bits per heavy atom. The maximum atomic E-state index is 6.07. The lowest BCUT2D eigenvalue weighted by Gasteiger charge is -2.41. The van der Waals surface area contributed by atoms with Crippen molar-refractivity contribution in [2.45, 2.75) is 38.0 Å². The highest BCUT2D eigenvalue weighted by atomic mass is 35.5. The normalized spacial score (nSPS) is 26.1. The summed E-state index contributed by atoms with van der Waals surface area (Å²) in [5.41, 5.74) is 5.91. The molecule has 1 aromatic rings. The highest BCUT2D eigenvalue weighted by Crippen LogP contribution is 2.37. The number of hydrogen-bond donors (Lipinski definition) is 1. The molecule has 0 amide bonds. The molecule has 0 aromatic heterocycles. The van der Waals surface area contributed by atoms with E-state index in [9.17, 15) is 0 Å². The molecule has 1 saturated carbocycles. The average Bonchev–Trinajstić information content (AvgIpc) is 2.35. The molecule has 1 aromatic carbocycles. The van der Waals surface area contributed by atoms with Crippen molar-refractivity contribution in [1.29, 1.82) is 0 Å². The first-order valence-electron chi connectivity index (χ1n) is 6.21. The number of hydrogen-bond acceptors (Lipinski definition) is 3. The van der Waals surface area contributed by atoms with E-state index in [0.29, 0.717) is 27.4 Å². The van der Waals surface area contributed by atoms with Gasteiger partial charge in [0, 0.05) is 25.1 Å². The largest absolute Gasteiger partial charge is 0.486 e. The van der Waals surface area contributed by atoms with E-state index in [2.05, 4.69) is 6.92 Å². The van der Waals surface area contributed by atoms with Gasteiger partial charge in [0.05, 0.1) is 15.1 Å². The Kier molecular flexibility index (Phi) is 5.21. The van der Waals surface area contributed by atoms with Crippen LogP contribution >= 0.6 is 34.8 Å². The van der Waals surface area contributed by atoms with Crippen LogP contribution in [-0.2, 0) is 4.74 Å². The van der Waals surface area contributed by atoms with Crippen molar-refractivity contribution in [2.75, 3.05) is 6.61 Å². The molecule has 2 N–H and O–H groups in total. The fraction of sp³-hybridized carbons (Fsp3) is 0.538. The van der Waals surface area contributed by atoms with E-state index in [-0.39, 0.29) is 18.2 Å². The summed E-state index contributed by atoms with van der Waals surface area (Å²) in [6, 6.07) is 3.20. The van der Waals surface area contributed by atoms with E-state index in [1.165, 1.54) is 0 Å². The van der Waals surface area contributed by atoms with E-state index < -0.39 is 0 Å². The van der Waals surface area contributed by atoms with Crippen LogP contribution in [0.25, 0.3) is 0 Å². The summed E-state index contributed by atoms with van der Waals surface area (Å²) < 4.78 is 11.5. The molecule has 0 bridgehead atoms. The Hall–Kier alpha value is -0.190. The van der Waals surface area contributed by atoms with Gasteiger partial charge in [-0.2, -0.15) is 0 Å². The van der Waals surface area contributed by atoms with Gasteiger partial charge < -0.3 is 15.2 Å². The van der Waals surface area contributed by atoms with Crippen LogP contribution in [0, 0.1) is 0 Å². The van der Waals surface area contributed by atoms with Crippen LogP contribution in [0.2, 0.25) is 15.1 Å². The van der Waals surface area contributed by atoms with Crippen LogP contribution < -0.4 is 10.5 Å². The van der Waals surface area contributed by atoms with Crippen molar-refractivity contribution in [3.05, 3.63) is 27.2 Å².